The van der Waals surface area contributed by atoms with Crippen molar-refractivity contribution < 1.29 is 0 Å². The Morgan fingerprint density at radius 2 is 0.600 bits per heavy atom. The summed E-state index contributed by atoms with van der Waals surface area (Å²) >= 11 is 3.81. The van der Waals surface area contributed by atoms with Gasteiger partial charge >= 0.3 is 0 Å². The quantitative estimate of drug-likeness (QED) is 0.520. The Kier molecular flexibility index (Phi) is 10.8. The summed E-state index contributed by atoms with van der Waals surface area (Å²) in [5, 5.41) is 7.36. The van der Waals surface area contributed by atoms with Crippen LogP contribution in [0.5, 0.6) is 0 Å². The van der Waals surface area contributed by atoms with Gasteiger partial charge in [-0.3, -0.25) is 0 Å². The van der Waals surface area contributed by atoms with Crippen LogP contribution >= 0.6 is 12.2 Å². The van der Waals surface area contributed by atoms with E-state index in [1.807, 2.05) is 72.8 Å². The molecule has 0 bridgehead atoms. The van der Waals surface area contributed by atoms with Crippen molar-refractivity contribution in [2.75, 3.05) is 0 Å². The number of hydrogen-bond acceptors (Lipinski definition) is 2. The highest BCUT2D eigenvalue weighted by Gasteiger charge is 1.58. The van der Waals surface area contributed by atoms with Crippen molar-refractivity contribution in [3.05, 3.63) is 72.8 Å². The highest BCUT2D eigenvalue weighted by atomic mass is 32.1. The SMILES string of the molecule is N=C=S.c1ccccc1.c1ccccc1. The molecule has 76 valence electrons. The fourth-order valence-electron chi connectivity index (χ4n) is 0.770. The Bertz CT molecular complexity index is 255. The molecule has 0 aromatic heterocycles. The third-order valence-corrected chi connectivity index (χ3v) is 1.33. The minimum absolute atomic E-state index is 1.58. The molecule has 0 aliphatic heterocycles. The zero-order valence-corrected chi connectivity index (χ0v) is 9.15. The van der Waals surface area contributed by atoms with E-state index in [-0.39, 0.29) is 0 Å². The van der Waals surface area contributed by atoms with Gasteiger partial charge in [0.1, 0.15) is 0 Å². The maximum Gasteiger partial charge on any atom is 0.0554 e. The molecule has 0 saturated heterocycles. The number of thiocarbonyl (C=S) groups is 1. The van der Waals surface area contributed by atoms with Crippen LogP contribution in [0.3, 0.4) is 0 Å². The van der Waals surface area contributed by atoms with E-state index in [9.17, 15) is 0 Å². The summed E-state index contributed by atoms with van der Waals surface area (Å²) in [5.41, 5.74) is 0. The lowest BCUT2D eigenvalue weighted by molar-refractivity contribution is 1.61. The summed E-state index contributed by atoms with van der Waals surface area (Å²) in [4.78, 5) is 0. The molecular formula is C13H13NS. The lowest BCUT2D eigenvalue weighted by Crippen LogP contribution is -1.47. The Morgan fingerprint density at radius 3 is 0.667 bits per heavy atom. The third-order valence-electron chi connectivity index (χ3n) is 1.33. The second kappa shape index (κ2) is 12.2. The maximum absolute atomic E-state index is 5.77. The zero-order valence-electron chi connectivity index (χ0n) is 8.34. The van der Waals surface area contributed by atoms with Gasteiger partial charge in [-0.15, -0.1) is 0 Å². The van der Waals surface area contributed by atoms with E-state index >= 15 is 0 Å². The summed E-state index contributed by atoms with van der Waals surface area (Å²) in [6.45, 7) is 0. The van der Waals surface area contributed by atoms with E-state index in [0.29, 0.717) is 0 Å². The summed E-state index contributed by atoms with van der Waals surface area (Å²) < 4.78 is 0. The fraction of sp³-hybridized carbons (Fsp3) is 0. The molecule has 0 unspecified atom stereocenters. The fourth-order valence-corrected chi connectivity index (χ4v) is 0.770. The molecule has 2 aromatic carbocycles. The number of nitrogens with one attached hydrogen (secondary N) is 1. The van der Waals surface area contributed by atoms with Crippen LogP contribution < -0.4 is 0 Å². The maximum atomic E-state index is 5.77. The molecule has 0 fully saturated rings. The first-order valence-electron chi connectivity index (χ1n) is 4.45. The van der Waals surface area contributed by atoms with Gasteiger partial charge in [0.15, 0.2) is 0 Å². The van der Waals surface area contributed by atoms with Crippen molar-refractivity contribution in [2.24, 2.45) is 0 Å². The van der Waals surface area contributed by atoms with Crippen LogP contribution in [0.15, 0.2) is 72.8 Å². The molecule has 2 rings (SSSR count). The molecule has 2 heteroatoms. The van der Waals surface area contributed by atoms with Crippen LogP contribution in [-0.4, -0.2) is 5.16 Å². The molecule has 0 heterocycles. The van der Waals surface area contributed by atoms with Gasteiger partial charge in [-0.25, -0.2) is 5.41 Å². The van der Waals surface area contributed by atoms with Crippen LogP contribution in [0.1, 0.15) is 0 Å². The van der Waals surface area contributed by atoms with Crippen LogP contribution in [0.2, 0.25) is 0 Å². The van der Waals surface area contributed by atoms with Crippen molar-refractivity contribution in [3.8, 4) is 0 Å². The zero-order chi connectivity index (χ0) is 11.2. The van der Waals surface area contributed by atoms with E-state index in [2.05, 4.69) is 12.2 Å². The normalized spacial score (nSPS) is 6.93. The highest BCUT2D eigenvalue weighted by molar-refractivity contribution is 7.78. The third kappa shape index (κ3) is 12.2. The molecule has 0 radical (unpaired) electrons. The molecule has 0 saturated carbocycles. The van der Waals surface area contributed by atoms with Crippen LogP contribution in [0, 0.1) is 5.41 Å². The highest BCUT2D eigenvalue weighted by Crippen LogP contribution is 1.80. The van der Waals surface area contributed by atoms with Gasteiger partial charge in [-0.1, -0.05) is 72.8 Å². The van der Waals surface area contributed by atoms with Crippen LogP contribution in [0.4, 0.5) is 0 Å². The molecule has 1 nitrogen and oxygen atoms in total. The van der Waals surface area contributed by atoms with Crippen molar-refractivity contribution in [1.82, 2.24) is 0 Å². The van der Waals surface area contributed by atoms with Crippen LogP contribution in [0.25, 0.3) is 0 Å². The van der Waals surface area contributed by atoms with Gasteiger partial charge in [0.25, 0.3) is 0 Å². The predicted molar refractivity (Wildman–Crippen MR) is 68.2 cm³/mol. The van der Waals surface area contributed by atoms with Gasteiger partial charge < -0.3 is 0 Å². The number of isothiocyanates is 1. The summed E-state index contributed by atoms with van der Waals surface area (Å²) in [6.07, 6.45) is 0. The lowest BCUT2D eigenvalue weighted by Gasteiger charge is -1.69. The monoisotopic (exact) mass is 215 g/mol. The van der Waals surface area contributed by atoms with Gasteiger partial charge in [-0.2, -0.15) is 0 Å². The van der Waals surface area contributed by atoms with E-state index < -0.39 is 0 Å². The summed E-state index contributed by atoms with van der Waals surface area (Å²) in [6, 6.07) is 24.0. The second-order valence-corrected chi connectivity index (χ2v) is 2.62. The van der Waals surface area contributed by atoms with Crippen molar-refractivity contribution in [2.45, 2.75) is 0 Å². The van der Waals surface area contributed by atoms with E-state index in [1.54, 1.807) is 5.16 Å². The first kappa shape index (κ1) is 13.2. The Hall–Kier alpha value is -1.76. The molecule has 0 aliphatic rings. The van der Waals surface area contributed by atoms with Crippen molar-refractivity contribution in [1.29, 1.82) is 5.41 Å². The van der Waals surface area contributed by atoms with Crippen molar-refractivity contribution in [3.63, 3.8) is 0 Å². The summed E-state index contributed by atoms with van der Waals surface area (Å²) in [7, 11) is 0. The average Bonchev–Trinajstić information content (AvgIpc) is 2.35. The molecule has 0 aliphatic carbocycles. The van der Waals surface area contributed by atoms with E-state index in [1.165, 1.54) is 0 Å². The first-order valence-corrected chi connectivity index (χ1v) is 4.86. The Morgan fingerprint density at radius 1 is 0.533 bits per heavy atom. The standard InChI is InChI=1S/2C6H6.CHNS/c2*1-2-4-6-5-3-1;2-1-3/h2*1-6H;2H. The molecular weight excluding hydrogens is 202 g/mol. The smallest absolute Gasteiger partial charge is 0.0554 e. The molecule has 2 aromatic rings. The summed E-state index contributed by atoms with van der Waals surface area (Å²) in [5.74, 6) is 0. The van der Waals surface area contributed by atoms with Crippen molar-refractivity contribution >= 4 is 17.4 Å². The number of rotatable bonds is 0. The topological polar surface area (TPSA) is 23.9 Å². The molecule has 0 spiro atoms. The number of benzene rings is 2. The largest absolute Gasteiger partial charge is 0.248 e. The first-order chi connectivity index (χ1) is 7.41. The second-order valence-electron chi connectivity index (χ2n) is 2.41. The predicted octanol–water partition coefficient (Wildman–Crippen LogP) is 4.04. The van der Waals surface area contributed by atoms with Gasteiger partial charge in [0.05, 0.1) is 5.16 Å². The van der Waals surface area contributed by atoms with Gasteiger partial charge in [0, 0.05) is 0 Å². The average molecular weight is 215 g/mol. The molecule has 0 amide bonds. The van der Waals surface area contributed by atoms with Crippen LogP contribution in [-0.2, 0) is 0 Å². The van der Waals surface area contributed by atoms with E-state index in [4.69, 9.17) is 5.41 Å². The minimum Gasteiger partial charge on any atom is -0.248 e. The molecule has 0 atom stereocenters. The Labute approximate surface area is 95.9 Å². The number of hydrogen-bond donors (Lipinski definition) is 1. The minimum atomic E-state index is 1.58. The van der Waals surface area contributed by atoms with Gasteiger partial charge in [0.2, 0.25) is 0 Å². The molecule has 15 heavy (non-hydrogen) atoms. The Balaban J connectivity index is 0.000000210. The molecule has 1 N–H and O–H groups in total. The lowest BCUT2D eigenvalue weighted by atomic mass is 10.4. The van der Waals surface area contributed by atoms with E-state index in [0.717, 1.165) is 0 Å². The van der Waals surface area contributed by atoms with Gasteiger partial charge in [-0.05, 0) is 12.2 Å².